The smallest absolute Gasteiger partial charge is 0.267 e. The van der Waals surface area contributed by atoms with Crippen molar-refractivity contribution in [3.63, 3.8) is 0 Å². The summed E-state index contributed by atoms with van der Waals surface area (Å²) in [6.45, 7) is 5.48. The minimum atomic E-state index is -3.34. The second-order valence-corrected chi connectivity index (χ2v) is 9.96. The van der Waals surface area contributed by atoms with Crippen molar-refractivity contribution >= 4 is 49.8 Å². The molecule has 0 saturated heterocycles. The summed E-state index contributed by atoms with van der Waals surface area (Å²) in [5, 5.41) is 11.1. The minimum absolute atomic E-state index is 0.323. The number of ether oxygens (including phenoxy) is 1. The average molecular weight is 443 g/mol. The van der Waals surface area contributed by atoms with Gasteiger partial charge in [-0.2, -0.15) is 0 Å². The Balaban J connectivity index is 2.00. The summed E-state index contributed by atoms with van der Waals surface area (Å²) in [7, 11) is -1.87. The average Bonchev–Trinajstić information content (AvgIpc) is 3.10. The lowest BCUT2D eigenvalue weighted by atomic mass is 10.2. The molecule has 0 bridgehead atoms. The van der Waals surface area contributed by atoms with Crippen molar-refractivity contribution in [2.75, 3.05) is 28.7 Å². The minimum Gasteiger partial charge on any atom is -0.481 e. The number of carbonyl (C=O) groups is 1. The molecule has 0 aliphatic carbocycles. The number of amides is 1. The van der Waals surface area contributed by atoms with E-state index in [9.17, 15) is 13.2 Å². The van der Waals surface area contributed by atoms with Crippen LogP contribution in [0, 0.1) is 0 Å². The summed E-state index contributed by atoms with van der Waals surface area (Å²) in [5.74, 6) is 0.858. The topological polar surface area (TPSA) is 101 Å². The highest BCUT2D eigenvalue weighted by molar-refractivity contribution is 8.01. The van der Waals surface area contributed by atoms with Crippen molar-refractivity contribution in [1.82, 2.24) is 10.2 Å². The molecule has 0 saturated carbocycles. The third kappa shape index (κ3) is 6.21. The fourth-order valence-electron chi connectivity index (χ4n) is 2.05. The predicted octanol–water partition coefficient (Wildman–Crippen LogP) is 3.01. The lowest BCUT2D eigenvalue weighted by Gasteiger charge is -2.19. The summed E-state index contributed by atoms with van der Waals surface area (Å²) in [5.41, 5.74) is 0.505. The molecule has 8 nitrogen and oxygen atoms in total. The Morgan fingerprint density at radius 1 is 1.39 bits per heavy atom. The zero-order valence-corrected chi connectivity index (χ0v) is 18.2. The number of thioether (sulfide) groups is 1. The van der Waals surface area contributed by atoms with Crippen LogP contribution in [0.15, 0.2) is 41.3 Å². The number of sulfonamides is 1. The van der Waals surface area contributed by atoms with E-state index in [0.29, 0.717) is 28.7 Å². The molecule has 2 aromatic rings. The highest BCUT2D eigenvalue weighted by Gasteiger charge is 2.20. The molecule has 1 atom stereocenters. The van der Waals surface area contributed by atoms with Gasteiger partial charge in [-0.3, -0.25) is 14.4 Å². The Labute approximate surface area is 173 Å². The van der Waals surface area contributed by atoms with Gasteiger partial charge in [-0.05, 0) is 30.7 Å². The van der Waals surface area contributed by atoms with E-state index in [0.717, 1.165) is 14.9 Å². The number of carbonyl (C=O) groups excluding carboxylic acids is 1. The molecule has 0 aliphatic heterocycles. The molecule has 1 N–H and O–H groups in total. The van der Waals surface area contributed by atoms with Gasteiger partial charge < -0.3 is 4.74 Å². The highest BCUT2D eigenvalue weighted by atomic mass is 32.2. The second kappa shape index (κ2) is 9.89. The molecule has 2 rings (SSSR count). The molecule has 0 aliphatic rings. The third-order valence-corrected chi connectivity index (χ3v) is 6.77. The number of nitrogens with one attached hydrogen (secondary N) is 1. The molecule has 0 fully saturated rings. The van der Waals surface area contributed by atoms with Gasteiger partial charge in [-0.1, -0.05) is 36.1 Å². The maximum absolute atomic E-state index is 12.5. The Hall–Kier alpha value is -2.11. The van der Waals surface area contributed by atoms with Gasteiger partial charge in [0.25, 0.3) is 5.91 Å². The quantitative estimate of drug-likeness (QED) is 0.343. The first-order valence-electron chi connectivity index (χ1n) is 8.33. The fraction of sp³-hybridized carbons (Fsp3) is 0.353. The van der Waals surface area contributed by atoms with E-state index in [4.69, 9.17) is 4.74 Å². The lowest BCUT2D eigenvalue weighted by Crippen LogP contribution is -2.32. The summed E-state index contributed by atoms with van der Waals surface area (Å²) in [6, 6.07) is 6.49. The van der Waals surface area contributed by atoms with Gasteiger partial charge in [0.1, 0.15) is 5.75 Å². The number of benzene rings is 1. The van der Waals surface area contributed by atoms with Gasteiger partial charge in [0.05, 0.1) is 11.9 Å². The van der Waals surface area contributed by atoms with Gasteiger partial charge in [0.15, 0.2) is 10.4 Å². The standard InChI is InChI=1S/C17H22N4O4S3/c1-5-11-26-17-20-19-16(27-17)18-15(22)14(6-2)25-13-9-7-12(8-10-13)21(3)28(4,23)24/h5,7-10,14H,1,6,11H2,2-4H3,(H,18,19,22)/t14-/m0/s1. The second-order valence-electron chi connectivity index (χ2n) is 5.70. The molecule has 0 radical (unpaired) electrons. The normalized spacial score (nSPS) is 12.2. The number of anilines is 2. The maximum Gasteiger partial charge on any atom is 0.267 e. The summed E-state index contributed by atoms with van der Waals surface area (Å²) >= 11 is 2.77. The van der Waals surface area contributed by atoms with Gasteiger partial charge in [-0.15, -0.1) is 16.8 Å². The summed E-state index contributed by atoms with van der Waals surface area (Å²) < 4.78 is 30.8. The monoisotopic (exact) mass is 442 g/mol. The van der Waals surface area contributed by atoms with Crippen molar-refractivity contribution < 1.29 is 17.9 Å². The van der Waals surface area contributed by atoms with Gasteiger partial charge >= 0.3 is 0 Å². The largest absolute Gasteiger partial charge is 0.481 e. The molecule has 28 heavy (non-hydrogen) atoms. The maximum atomic E-state index is 12.5. The molecule has 1 amide bonds. The molecule has 1 heterocycles. The van der Waals surface area contributed by atoms with E-state index in [1.165, 1.54) is 30.1 Å². The van der Waals surface area contributed by atoms with Gasteiger partial charge in [0, 0.05) is 12.8 Å². The van der Waals surface area contributed by atoms with Crippen LogP contribution in [0.3, 0.4) is 0 Å². The van der Waals surface area contributed by atoms with Gasteiger partial charge in [0.2, 0.25) is 15.2 Å². The molecule has 11 heteroatoms. The van der Waals surface area contributed by atoms with Crippen LogP contribution in [-0.4, -0.2) is 49.7 Å². The summed E-state index contributed by atoms with van der Waals surface area (Å²) in [4.78, 5) is 12.5. The number of hydrogen-bond donors (Lipinski definition) is 1. The molecule has 152 valence electrons. The Morgan fingerprint density at radius 2 is 2.07 bits per heavy atom. The highest BCUT2D eigenvalue weighted by Crippen LogP contribution is 2.26. The van der Waals surface area contributed by atoms with E-state index in [1.807, 2.05) is 6.92 Å². The number of rotatable bonds is 10. The van der Waals surface area contributed by atoms with E-state index in [2.05, 4.69) is 22.1 Å². The van der Waals surface area contributed by atoms with E-state index < -0.39 is 16.1 Å². The van der Waals surface area contributed by atoms with E-state index >= 15 is 0 Å². The van der Waals surface area contributed by atoms with Crippen LogP contribution in [0.4, 0.5) is 10.8 Å². The Morgan fingerprint density at radius 3 is 2.64 bits per heavy atom. The van der Waals surface area contributed by atoms with Crippen LogP contribution >= 0.6 is 23.1 Å². The van der Waals surface area contributed by atoms with Gasteiger partial charge in [-0.25, -0.2) is 8.42 Å². The van der Waals surface area contributed by atoms with Crippen LogP contribution < -0.4 is 14.4 Å². The first kappa shape index (κ1) is 22.2. The van der Waals surface area contributed by atoms with Crippen LogP contribution in [0.1, 0.15) is 13.3 Å². The SMILES string of the molecule is C=CCSc1nnc(NC(=O)[C@H](CC)Oc2ccc(N(C)S(C)(=O)=O)cc2)s1. The Kier molecular flexibility index (Phi) is 7.84. The first-order valence-corrected chi connectivity index (χ1v) is 12.0. The van der Waals surface area contributed by atoms with Crippen molar-refractivity contribution in [3.8, 4) is 5.75 Å². The van der Waals surface area contributed by atoms with Crippen molar-refractivity contribution in [1.29, 1.82) is 0 Å². The number of nitrogens with zero attached hydrogens (tertiary/aromatic N) is 3. The number of aromatic nitrogens is 2. The molecule has 0 unspecified atom stereocenters. The van der Waals surface area contributed by atoms with Crippen LogP contribution in [0.5, 0.6) is 5.75 Å². The van der Waals surface area contributed by atoms with Crippen molar-refractivity contribution in [3.05, 3.63) is 36.9 Å². The first-order chi connectivity index (χ1) is 13.2. The Bertz CT molecular complexity index is 913. The lowest BCUT2D eigenvalue weighted by molar-refractivity contribution is -0.122. The number of hydrogen-bond acceptors (Lipinski definition) is 8. The predicted molar refractivity (Wildman–Crippen MR) is 114 cm³/mol. The molecular weight excluding hydrogens is 420 g/mol. The van der Waals surface area contributed by atoms with E-state index in [1.54, 1.807) is 30.3 Å². The molecular formula is C17H22N4O4S3. The van der Waals surface area contributed by atoms with E-state index in [-0.39, 0.29) is 5.91 Å². The van der Waals surface area contributed by atoms with Crippen LogP contribution in [0.2, 0.25) is 0 Å². The molecule has 0 spiro atoms. The van der Waals surface area contributed by atoms with Crippen LogP contribution in [0.25, 0.3) is 0 Å². The summed E-state index contributed by atoms with van der Waals surface area (Å²) in [6.07, 6.45) is 2.63. The zero-order chi connectivity index (χ0) is 20.7. The molecule has 1 aromatic heterocycles. The molecule has 1 aromatic carbocycles. The fourth-order valence-corrected chi connectivity index (χ4v) is 4.07. The van der Waals surface area contributed by atoms with Crippen molar-refractivity contribution in [2.24, 2.45) is 0 Å². The zero-order valence-electron chi connectivity index (χ0n) is 15.8. The van der Waals surface area contributed by atoms with Crippen molar-refractivity contribution in [2.45, 2.75) is 23.8 Å². The van der Waals surface area contributed by atoms with Crippen LogP contribution in [-0.2, 0) is 14.8 Å². The third-order valence-electron chi connectivity index (χ3n) is 3.60.